The summed E-state index contributed by atoms with van der Waals surface area (Å²) in [6, 6.07) is 4.14. The smallest absolute Gasteiger partial charge is 0.0688 e. The minimum absolute atomic E-state index is 0.0999. The minimum atomic E-state index is 0.0999. The summed E-state index contributed by atoms with van der Waals surface area (Å²) < 4.78 is 3.47. The zero-order valence-corrected chi connectivity index (χ0v) is 11.1. The highest BCUT2D eigenvalue weighted by Gasteiger charge is 2.07. The summed E-state index contributed by atoms with van der Waals surface area (Å²) in [4.78, 5) is 0. The van der Waals surface area contributed by atoms with Crippen LogP contribution in [0.3, 0.4) is 0 Å². The van der Waals surface area contributed by atoms with Crippen LogP contribution >= 0.6 is 49.9 Å². The summed E-state index contributed by atoms with van der Waals surface area (Å²) in [6.45, 7) is 0.0999. The van der Waals surface area contributed by atoms with E-state index in [2.05, 4.69) is 50.0 Å². The molecule has 0 saturated heterocycles. The lowest BCUT2D eigenvalue weighted by Gasteiger charge is -2.01. The van der Waals surface area contributed by atoms with Crippen LogP contribution in [0, 0.1) is 3.57 Å². The van der Waals surface area contributed by atoms with Gasteiger partial charge in [-0.3, -0.25) is 0 Å². The van der Waals surface area contributed by atoms with Crippen LogP contribution in [0.5, 0.6) is 0 Å². The first-order valence-corrected chi connectivity index (χ1v) is 6.43. The third-order valence-corrected chi connectivity index (χ3v) is 4.33. The van der Waals surface area contributed by atoms with Crippen LogP contribution in [0.2, 0.25) is 0 Å². The maximum absolute atomic E-state index is 9.18. The molecule has 68 valence electrons. The molecule has 0 unspecified atom stereocenters. The molecule has 0 radical (unpaired) electrons. The predicted molar refractivity (Wildman–Crippen MR) is 68.2 cm³/mol. The molecule has 2 rings (SSSR count). The molecule has 0 amide bonds. The van der Waals surface area contributed by atoms with Gasteiger partial charge in [0, 0.05) is 23.5 Å². The maximum Gasteiger partial charge on any atom is 0.0688 e. The Balaban J connectivity index is 2.85. The van der Waals surface area contributed by atoms with Gasteiger partial charge in [-0.15, -0.1) is 11.3 Å². The molecule has 4 heteroatoms. The number of thiophene rings is 1. The number of hydrogen-bond acceptors (Lipinski definition) is 2. The molecule has 1 N–H and O–H groups in total. The standard InChI is InChI=1S/C9H6BrIOS/c10-7-4-13-8-2-6(11)1-5(3-12)9(7)8/h1-2,4,12H,3H2. The van der Waals surface area contributed by atoms with Gasteiger partial charge in [0.2, 0.25) is 0 Å². The number of aliphatic hydroxyl groups excluding tert-OH is 1. The molecule has 1 aromatic heterocycles. The van der Waals surface area contributed by atoms with Gasteiger partial charge in [-0.2, -0.15) is 0 Å². The van der Waals surface area contributed by atoms with Gasteiger partial charge in [-0.05, 0) is 56.2 Å². The van der Waals surface area contributed by atoms with Gasteiger partial charge >= 0.3 is 0 Å². The molecule has 1 nitrogen and oxygen atoms in total. The third kappa shape index (κ3) is 1.77. The lowest BCUT2D eigenvalue weighted by atomic mass is 10.1. The van der Waals surface area contributed by atoms with E-state index in [0.717, 1.165) is 15.4 Å². The Kier molecular flexibility index (Phi) is 2.92. The molecule has 2 aromatic rings. The Bertz CT molecular complexity index is 452. The van der Waals surface area contributed by atoms with Gasteiger partial charge < -0.3 is 5.11 Å². The van der Waals surface area contributed by atoms with Crippen LogP contribution in [0.4, 0.5) is 0 Å². The van der Waals surface area contributed by atoms with Gasteiger partial charge in [-0.1, -0.05) is 0 Å². The number of aliphatic hydroxyl groups is 1. The van der Waals surface area contributed by atoms with Crippen molar-refractivity contribution in [2.24, 2.45) is 0 Å². The van der Waals surface area contributed by atoms with E-state index >= 15 is 0 Å². The zero-order valence-electron chi connectivity index (χ0n) is 6.55. The number of fused-ring (bicyclic) bond motifs is 1. The quantitative estimate of drug-likeness (QED) is 0.760. The molecule has 0 bridgehead atoms. The van der Waals surface area contributed by atoms with Gasteiger partial charge in [0.25, 0.3) is 0 Å². The molecule has 0 aliphatic carbocycles. The Morgan fingerprint density at radius 1 is 1.46 bits per heavy atom. The van der Waals surface area contributed by atoms with Crippen LogP contribution in [-0.4, -0.2) is 5.11 Å². The first kappa shape index (κ1) is 9.89. The van der Waals surface area contributed by atoms with Crippen molar-refractivity contribution in [1.82, 2.24) is 0 Å². The molecular formula is C9H6BrIOS. The summed E-state index contributed by atoms with van der Waals surface area (Å²) in [5, 5.41) is 12.4. The second-order valence-electron chi connectivity index (χ2n) is 2.68. The molecule has 0 aliphatic rings. The first-order valence-electron chi connectivity index (χ1n) is 3.68. The molecule has 13 heavy (non-hydrogen) atoms. The van der Waals surface area contributed by atoms with E-state index in [-0.39, 0.29) is 6.61 Å². The SMILES string of the molecule is OCc1cc(I)cc2scc(Br)c12. The monoisotopic (exact) mass is 368 g/mol. The average Bonchev–Trinajstić information content (AvgIpc) is 2.46. The second-order valence-corrected chi connectivity index (χ2v) is 5.69. The second kappa shape index (κ2) is 3.84. The van der Waals surface area contributed by atoms with Gasteiger partial charge in [0.15, 0.2) is 0 Å². The Morgan fingerprint density at radius 3 is 2.92 bits per heavy atom. The fourth-order valence-corrected chi connectivity index (χ4v) is 3.98. The normalized spacial score (nSPS) is 11.0. The minimum Gasteiger partial charge on any atom is -0.392 e. The summed E-state index contributed by atoms with van der Waals surface area (Å²) in [6.07, 6.45) is 0. The third-order valence-electron chi connectivity index (χ3n) is 1.85. The summed E-state index contributed by atoms with van der Waals surface area (Å²) in [5.74, 6) is 0. The van der Waals surface area contributed by atoms with Crippen molar-refractivity contribution in [3.8, 4) is 0 Å². The van der Waals surface area contributed by atoms with Gasteiger partial charge in [0.05, 0.1) is 6.61 Å². The Morgan fingerprint density at radius 2 is 2.23 bits per heavy atom. The Hall–Kier alpha value is 0.350. The molecule has 0 fully saturated rings. The van der Waals surface area contributed by atoms with Crippen molar-refractivity contribution >= 4 is 59.9 Å². The van der Waals surface area contributed by atoms with E-state index in [1.54, 1.807) is 11.3 Å². The number of hydrogen-bond donors (Lipinski definition) is 1. The van der Waals surface area contributed by atoms with Crippen LogP contribution in [0.15, 0.2) is 22.0 Å². The molecular weight excluding hydrogens is 363 g/mol. The zero-order chi connectivity index (χ0) is 9.42. The number of benzene rings is 1. The molecule has 0 spiro atoms. The molecule has 0 atom stereocenters. The largest absolute Gasteiger partial charge is 0.392 e. The summed E-state index contributed by atoms with van der Waals surface area (Å²) >= 11 is 7.44. The number of halogens is 2. The van der Waals surface area contributed by atoms with Gasteiger partial charge in [-0.25, -0.2) is 0 Å². The summed E-state index contributed by atoms with van der Waals surface area (Å²) in [5.41, 5.74) is 0.995. The van der Waals surface area contributed by atoms with Crippen LogP contribution in [0.1, 0.15) is 5.56 Å². The van der Waals surface area contributed by atoms with E-state index in [9.17, 15) is 5.11 Å². The van der Waals surface area contributed by atoms with Crippen LogP contribution in [0.25, 0.3) is 10.1 Å². The van der Waals surface area contributed by atoms with Crippen molar-refractivity contribution in [1.29, 1.82) is 0 Å². The van der Waals surface area contributed by atoms with Crippen LogP contribution in [-0.2, 0) is 6.61 Å². The summed E-state index contributed by atoms with van der Waals surface area (Å²) in [7, 11) is 0. The lowest BCUT2D eigenvalue weighted by Crippen LogP contribution is -1.85. The Labute approximate surface area is 102 Å². The maximum atomic E-state index is 9.18. The molecule has 0 aliphatic heterocycles. The van der Waals surface area contributed by atoms with Crippen LogP contribution < -0.4 is 0 Å². The van der Waals surface area contributed by atoms with Gasteiger partial charge in [0.1, 0.15) is 0 Å². The van der Waals surface area contributed by atoms with Crippen molar-refractivity contribution in [3.05, 3.63) is 31.1 Å². The lowest BCUT2D eigenvalue weighted by molar-refractivity contribution is 0.283. The number of rotatable bonds is 1. The fraction of sp³-hybridized carbons (Fsp3) is 0.111. The highest BCUT2D eigenvalue weighted by atomic mass is 127. The van der Waals surface area contributed by atoms with Crippen molar-refractivity contribution in [3.63, 3.8) is 0 Å². The van der Waals surface area contributed by atoms with E-state index in [4.69, 9.17) is 0 Å². The van der Waals surface area contributed by atoms with Crippen molar-refractivity contribution in [2.75, 3.05) is 0 Å². The van der Waals surface area contributed by atoms with E-state index in [1.807, 2.05) is 6.07 Å². The van der Waals surface area contributed by atoms with E-state index < -0.39 is 0 Å². The highest BCUT2D eigenvalue weighted by molar-refractivity contribution is 14.1. The average molecular weight is 369 g/mol. The van der Waals surface area contributed by atoms with Crippen molar-refractivity contribution in [2.45, 2.75) is 6.61 Å². The topological polar surface area (TPSA) is 20.2 Å². The predicted octanol–water partition coefficient (Wildman–Crippen LogP) is 3.76. The molecule has 1 heterocycles. The molecule has 1 aromatic carbocycles. The van der Waals surface area contributed by atoms with E-state index in [1.165, 1.54) is 8.27 Å². The van der Waals surface area contributed by atoms with Crippen molar-refractivity contribution < 1.29 is 5.11 Å². The first-order chi connectivity index (χ1) is 6.22. The fourth-order valence-electron chi connectivity index (χ4n) is 1.30. The van der Waals surface area contributed by atoms with E-state index in [0.29, 0.717) is 0 Å². The molecule has 0 saturated carbocycles. The highest BCUT2D eigenvalue weighted by Crippen LogP contribution is 2.34.